The van der Waals surface area contributed by atoms with Crippen molar-refractivity contribution in [1.82, 2.24) is 0 Å². The zero-order chi connectivity index (χ0) is 25.3. The first-order valence-electron chi connectivity index (χ1n) is 13.9. The first-order valence-corrected chi connectivity index (χ1v) is 13.9. The van der Waals surface area contributed by atoms with Crippen LogP contribution in [0.5, 0.6) is 0 Å². The van der Waals surface area contributed by atoms with Gasteiger partial charge in [-0.15, -0.1) is 0 Å². The second-order valence-electron chi connectivity index (χ2n) is 12.7. The Morgan fingerprint density at radius 3 is 2.46 bits per heavy atom. The van der Waals surface area contributed by atoms with Gasteiger partial charge in [-0.2, -0.15) is 0 Å². The number of rotatable bonds is 4. The molecular formula is C35H35NO. The van der Waals surface area contributed by atoms with Crippen LogP contribution in [0.3, 0.4) is 0 Å². The minimum absolute atomic E-state index is 0.229. The molecule has 0 unspecified atom stereocenters. The van der Waals surface area contributed by atoms with Crippen molar-refractivity contribution in [3.8, 4) is 0 Å². The molecule has 2 heteroatoms. The lowest BCUT2D eigenvalue weighted by Gasteiger charge is -2.19. The molecule has 0 atom stereocenters. The molecule has 0 bridgehead atoms. The van der Waals surface area contributed by atoms with Gasteiger partial charge in [0.2, 0.25) is 0 Å². The second kappa shape index (κ2) is 8.31. The smallest absolute Gasteiger partial charge is 0.144 e. The molecule has 2 heterocycles. The average Bonchev–Trinajstić information content (AvgIpc) is 3.56. The van der Waals surface area contributed by atoms with Crippen LogP contribution in [-0.2, 0) is 12.8 Å². The van der Waals surface area contributed by atoms with Gasteiger partial charge in [-0.3, -0.25) is 0 Å². The van der Waals surface area contributed by atoms with E-state index in [0.29, 0.717) is 0 Å². The summed E-state index contributed by atoms with van der Waals surface area (Å²) in [5.74, 6) is 0.810. The molecule has 1 aliphatic heterocycles. The fraction of sp³-hybridized carbons (Fsp3) is 0.343. The lowest BCUT2D eigenvalue weighted by Crippen LogP contribution is -2.09. The SMILES string of the molecule is Cc1cc(C2=Nc3cc(CC(C)(C)C)cc4cc(CC5CCCC5)cc2c34)c2oc3ccccc3c2c1. The van der Waals surface area contributed by atoms with Gasteiger partial charge in [0, 0.05) is 27.3 Å². The van der Waals surface area contributed by atoms with Crippen LogP contribution in [0.1, 0.15) is 74.3 Å². The third kappa shape index (κ3) is 3.98. The van der Waals surface area contributed by atoms with E-state index < -0.39 is 0 Å². The predicted octanol–water partition coefficient (Wildman–Crippen LogP) is 9.85. The summed E-state index contributed by atoms with van der Waals surface area (Å²) in [7, 11) is 0. The molecular weight excluding hydrogens is 450 g/mol. The summed E-state index contributed by atoms with van der Waals surface area (Å²) in [6.45, 7) is 9.13. The van der Waals surface area contributed by atoms with E-state index in [1.54, 1.807) is 0 Å². The predicted molar refractivity (Wildman–Crippen MR) is 157 cm³/mol. The number of aryl methyl sites for hydroxylation is 1. The summed E-state index contributed by atoms with van der Waals surface area (Å²) >= 11 is 0. The molecule has 5 aromatic rings. The Hall–Kier alpha value is -3.39. The molecule has 4 aromatic carbocycles. The number of hydrogen-bond donors (Lipinski definition) is 0. The quantitative estimate of drug-likeness (QED) is 0.244. The highest BCUT2D eigenvalue weighted by Crippen LogP contribution is 2.43. The van der Waals surface area contributed by atoms with Crippen molar-refractivity contribution in [2.45, 2.75) is 66.2 Å². The van der Waals surface area contributed by atoms with Gasteiger partial charge in [-0.05, 0) is 83.5 Å². The van der Waals surface area contributed by atoms with Crippen molar-refractivity contribution in [2.24, 2.45) is 16.3 Å². The summed E-state index contributed by atoms with van der Waals surface area (Å²) in [5, 5.41) is 4.99. The number of para-hydroxylation sites is 1. The largest absolute Gasteiger partial charge is 0.455 e. The van der Waals surface area contributed by atoms with E-state index in [-0.39, 0.29) is 5.41 Å². The van der Waals surface area contributed by atoms with E-state index in [1.165, 1.54) is 75.9 Å². The Balaban J connectivity index is 1.46. The molecule has 7 rings (SSSR count). The van der Waals surface area contributed by atoms with Crippen LogP contribution >= 0.6 is 0 Å². The first-order chi connectivity index (χ1) is 17.8. The molecule has 1 saturated carbocycles. The Kier molecular flexibility index (Phi) is 5.12. The van der Waals surface area contributed by atoms with Gasteiger partial charge in [0.15, 0.2) is 0 Å². The number of aliphatic imine (C=N–C) groups is 1. The van der Waals surface area contributed by atoms with Crippen molar-refractivity contribution in [3.05, 3.63) is 88.5 Å². The molecule has 2 nitrogen and oxygen atoms in total. The van der Waals surface area contributed by atoms with E-state index in [0.717, 1.165) is 40.5 Å². The minimum Gasteiger partial charge on any atom is -0.455 e. The number of benzene rings is 4. The molecule has 0 N–H and O–H groups in total. The lowest BCUT2D eigenvalue weighted by atomic mass is 9.86. The maximum Gasteiger partial charge on any atom is 0.144 e. The molecule has 37 heavy (non-hydrogen) atoms. The highest BCUT2D eigenvalue weighted by molar-refractivity contribution is 6.30. The Morgan fingerprint density at radius 2 is 1.65 bits per heavy atom. The highest BCUT2D eigenvalue weighted by atomic mass is 16.3. The third-order valence-corrected chi connectivity index (χ3v) is 8.25. The Labute approximate surface area is 219 Å². The molecule has 186 valence electrons. The fourth-order valence-corrected chi connectivity index (χ4v) is 6.80. The zero-order valence-electron chi connectivity index (χ0n) is 22.4. The summed E-state index contributed by atoms with van der Waals surface area (Å²) in [6.07, 6.45) is 7.70. The van der Waals surface area contributed by atoms with Crippen molar-refractivity contribution in [1.29, 1.82) is 0 Å². The van der Waals surface area contributed by atoms with Crippen LogP contribution in [0, 0.1) is 18.3 Å². The number of furan rings is 1. The molecule has 1 aliphatic carbocycles. The van der Waals surface area contributed by atoms with Crippen LogP contribution in [-0.4, -0.2) is 5.71 Å². The average molecular weight is 486 g/mol. The first kappa shape index (κ1) is 22.8. The molecule has 0 spiro atoms. The molecule has 0 amide bonds. The number of fused-ring (bicyclic) bond motifs is 3. The van der Waals surface area contributed by atoms with E-state index in [4.69, 9.17) is 9.41 Å². The topological polar surface area (TPSA) is 25.5 Å². The summed E-state index contributed by atoms with van der Waals surface area (Å²) in [6, 6.07) is 22.5. The van der Waals surface area contributed by atoms with Crippen LogP contribution < -0.4 is 0 Å². The van der Waals surface area contributed by atoms with E-state index in [1.807, 2.05) is 6.07 Å². The standard InChI is InChI=1S/C35H35NO/c1-21-13-27-26-11-7-8-12-31(26)37-34(27)29(14-21)33-28-18-23(15-22-9-5-6-10-22)16-25-17-24(20-35(2,3)4)19-30(36-33)32(25)28/h7-8,11-14,16-19,22H,5-6,9-10,15,20H2,1-4H3. The van der Waals surface area contributed by atoms with Crippen LogP contribution in [0.4, 0.5) is 5.69 Å². The summed E-state index contributed by atoms with van der Waals surface area (Å²) in [5.41, 5.74) is 10.7. The number of hydrogen-bond acceptors (Lipinski definition) is 2. The van der Waals surface area contributed by atoms with Gasteiger partial charge in [0.1, 0.15) is 11.2 Å². The monoisotopic (exact) mass is 485 g/mol. The lowest BCUT2D eigenvalue weighted by molar-refractivity contribution is 0.411. The van der Waals surface area contributed by atoms with E-state index >= 15 is 0 Å². The zero-order valence-corrected chi connectivity index (χ0v) is 22.4. The molecule has 1 aromatic heterocycles. The van der Waals surface area contributed by atoms with Gasteiger partial charge in [0.05, 0.1) is 11.4 Å². The van der Waals surface area contributed by atoms with Crippen LogP contribution in [0.2, 0.25) is 0 Å². The van der Waals surface area contributed by atoms with Crippen molar-refractivity contribution in [3.63, 3.8) is 0 Å². The van der Waals surface area contributed by atoms with Gasteiger partial charge < -0.3 is 4.42 Å². The highest BCUT2D eigenvalue weighted by Gasteiger charge is 2.26. The molecule has 0 radical (unpaired) electrons. The molecule has 1 fully saturated rings. The van der Waals surface area contributed by atoms with Crippen LogP contribution in [0.25, 0.3) is 32.7 Å². The molecule has 2 aliphatic rings. The second-order valence-corrected chi connectivity index (χ2v) is 12.7. The third-order valence-electron chi connectivity index (χ3n) is 8.25. The summed E-state index contributed by atoms with van der Waals surface area (Å²) in [4.78, 5) is 5.35. The number of nitrogens with zero attached hydrogens (tertiary/aromatic N) is 1. The van der Waals surface area contributed by atoms with Gasteiger partial charge in [-0.25, -0.2) is 4.99 Å². The van der Waals surface area contributed by atoms with Gasteiger partial charge in [-0.1, -0.05) is 76.8 Å². The molecule has 0 saturated heterocycles. The van der Waals surface area contributed by atoms with Crippen molar-refractivity contribution in [2.75, 3.05) is 0 Å². The van der Waals surface area contributed by atoms with E-state index in [9.17, 15) is 0 Å². The van der Waals surface area contributed by atoms with Gasteiger partial charge >= 0.3 is 0 Å². The maximum absolute atomic E-state index is 6.49. The summed E-state index contributed by atoms with van der Waals surface area (Å²) < 4.78 is 6.49. The Bertz CT molecular complexity index is 1720. The maximum atomic E-state index is 6.49. The van der Waals surface area contributed by atoms with Crippen molar-refractivity contribution < 1.29 is 4.42 Å². The minimum atomic E-state index is 0.229. The van der Waals surface area contributed by atoms with Gasteiger partial charge in [0.25, 0.3) is 0 Å². The Morgan fingerprint density at radius 1 is 0.865 bits per heavy atom. The normalized spacial score (nSPS) is 15.9. The fourth-order valence-electron chi connectivity index (χ4n) is 6.80. The van der Waals surface area contributed by atoms with Crippen LogP contribution in [0.15, 0.2) is 70.1 Å². The van der Waals surface area contributed by atoms with Crippen molar-refractivity contribution >= 4 is 44.1 Å². The van der Waals surface area contributed by atoms with E-state index in [2.05, 4.69) is 82.3 Å².